The first-order valence-corrected chi connectivity index (χ1v) is 7.52. The molecule has 0 amide bonds. The van der Waals surface area contributed by atoms with E-state index in [2.05, 4.69) is 29.0 Å². The number of nitrogen functional groups attached to an aromatic ring is 1. The van der Waals surface area contributed by atoms with Crippen LogP contribution in [0.2, 0.25) is 0 Å². The maximum absolute atomic E-state index is 6.36. The highest BCUT2D eigenvalue weighted by Crippen LogP contribution is 2.30. The van der Waals surface area contributed by atoms with Crippen LogP contribution in [-0.4, -0.2) is 15.0 Å². The second-order valence-corrected chi connectivity index (χ2v) is 5.80. The zero-order valence-corrected chi connectivity index (χ0v) is 13.0. The van der Waals surface area contributed by atoms with Gasteiger partial charge in [0.15, 0.2) is 11.5 Å². The lowest BCUT2D eigenvalue weighted by Crippen LogP contribution is -1.99. The zero-order chi connectivity index (χ0) is 16.0. The molecule has 112 valence electrons. The Morgan fingerprint density at radius 3 is 2.48 bits per heavy atom. The van der Waals surface area contributed by atoms with Crippen LogP contribution in [0.3, 0.4) is 0 Å². The number of fused-ring (bicyclic) bond motifs is 2. The van der Waals surface area contributed by atoms with Gasteiger partial charge in [-0.05, 0) is 25.5 Å². The second kappa shape index (κ2) is 5.02. The number of aryl methyl sites for hydroxylation is 2. The summed E-state index contributed by atoms with van der Waals surface area (Å²) in [5, 5.41) is 1.76. The molecule has 0 atom stereocenters. The number of nitrogens with two attached hydrogens (primary N) is 1. The van der Waals surface area contributed by atoms with Crippen LogP contribution in [0, 0.1) is 13.8 Å². The first-order valence-electron chi connectivity index (χ1n) is 7.52. The fourth-order valence-electron chi connectivity index (χ4n) is 2.94. The van der Waals surface area contributed by atoms with E-state index in [-0.39, 0.29) is 0 Å². The van der Waals surface area contributed by atoms with E-state index in [1.54, 1.807) is 6.20 Å². The van der Waals surface area contributed by atoms with Crippen molar-refractivity contribution in [2.75, 3.05) is 5.73 Å². The molecule has 4 rings (SSSR count). The van der Waals surface area contributed by atoms with Crippen molar-refractivity contribution in [2.45, 2.75) is 13.8 Å². The number of aromatic nitrogens is 3. The van der Waals surface area contributed by atoms with Crippen LogP contribution in [-0.2, 0) is 0 Å². The van der Waals surface area contributed by atoms with Gasteiger partial charge in [-0.3, -0.25) is 0 Å². The van der Waals surface area contributed by atoms with E-state index in [1.165, 1.54) is 5.56 Å². The third-order valence-electron chi connectivity index (χ3n) is 4.04. The third kappa shape index (κ3) is 2.19. The molecule has 0 saturated heterocycles. The molecule has 0 aliphatic carbocycles. The number of benzene rings is 2. The van der Waals surface area contributed by atoms with Crippen molar-refractivity contribution < 1.29 is 0 Å². The second-order valence-electron chi connectivity index (χ2n) is 5.80. The van der Waals surface area contributed by atoms with Gasteiger partial charge in [0.25, 0.3) is 0 Å². The Bertz CT molecular complexity index is 1040. The van der Waals surface area contributed by atoms with Gasteiger partial charge in [-0.15, -0.1) is 0 Å². The summed E-state index contributed by atoms with van der Waals surface area (Å²) >= 11 is 0. The number of hydrogen-bond acceptors (Lipinski definition) is 4. The smallest absolute Gasteiger partial charge is 0.165 e. The largest absolute Gasteiger partial charge is 0.398 e. The van der Waals surface area contributed by atoms with Gasteiger partial charge in [0.2, 0.25) is 0 Å². The molecular formula is C19H16N4. The molecule has 4 nitrogen and oxygen atoms in total. The monoisotopic (exact) mass is 300 g/mol. The van der Waals surface area contributed by atoms with E-state index in [1.807, 2.05) is 37.3 Å². The molecule has 0 fully saturated rings. The molecule has 0 aliphatic heterocycles. The van der Waals surface area contributed by atoms with Crippen LogP contribution < -0.4 is 5.73 Å². The number of rotatable bonds is 1. The van der Waals surface area contributed by atoms with Crippen molar-refractivity contribution in [2.24, 2.45) is 0 Å². The van der Waals surface area contributed by atoms with Crippen molar-refractivity contribution in [3.63, 3.8) is 0 Å². The minimum absolute atomic E-state index is 0.635. The van der Waals surface area contributed by atoms with Gasteiger partial charge in [-0.1, -0.05) is 42.0 Å². The van der Waals surface area contributed by atoms with Gasteiger partial charge >= 0.3 is 0 Å². The van der Waals surface area contributed by atoms with Gasteiger partial charge in [0.1, 0.15) is 0 Å². The molecule has 2 heterocycles. The average Bonchev–Trinajstić information content (AvgIpc) is 2.56. The molecule has 0 unspecified atom stereocenters. The molecule has 0 bridgehead atoms. The highest BCUT2D eigenvalue weighted by atomic mass is 14.9. The summed E-state index contributed by atoms with van der Waals surface area (Å²) in [4.78, 5) is 13.8. The molecule has 2 N–H and O–H groups in total. The first kappa shape index (κ1) is 13.6. The van der Waals surface area contributed by atoms with Crippen molar-refractivity contribution in [1.82, 2.24) is 15.0 Å². The Labute approximate surface area is 134 Å². The Morgan fingerprint density at radius 2 is 1.70 bits per heavy atom. The van der Waals surface area contributed by atoms with Gasteiger partial charge in [-0.25, -0.2) is 15.0 Å². The summed E-state index contributed by atoms with van der Waals surface area (Å²) in [6.07, 6.45) is 1.77. The molecule has 0 aliphatic rings. The van der Waals surface area contributed by atoms with Crippen molar-refractivity contribution in [3.05, 3.63) is 59.8 Å². The maximum atomic E-state index is 6.36. The van der Waals surface area contributed by atoms with Crippen LogP contribution in [0.15, 0.2) is 48.7 Å². The summed E-state index contributed by atoms with van der Waals surface area (Å²) in [7, 11) is 0. The molecular weight excluding hydrogens is 284 g/mol. The highest BCUT2D eigenvalue weighted by Gasteiger charge is 2.12. The third-order valence-corrected chi connectivity index (χ3v) is 4.04. The minimum atomic E-state index is 0.635. The van der Waals surface area contributed by atoms with Gasteiger partial charge in [-0.2, -0.15) is 0 Å². The van der Waals surface area contributed by atoms with Crippen molar-refractivity contribution in [3.8, 4) is 11.4 Å². The van der Waals surface area contributed by atoms with Crippen LogP contribution in [0.5, 0.6) is 0 Å². The van der Waals surface area contributed by atoms with Crippen LogP contribution in [0.4, 0.5) is 5.69 Å². The Morgan fingerprint density at radius 1 is 0.913 bits per heavy atom. The Hall–Kier alpha value is -3.01. The Kier molecular flexibility index (Phi) is 2.98. The molecule has 2 aromatic heterocycles. The zero-order valence-electron chi connectivity index (χ0n) is 13.0. The number of anilines is 1. The predicted molar refractivity (Wildman–Crippen MR) is 94.2 cm³/mol. The predicted octanol–water partition coefficient (Wildman–Crippen LogP) is 4.04. The molecule has 4 heteroatoms. The van der Waals surface area contributed by atoms with E-state index in [0.29, 0.717) is 17.2 Å². The van der Waals surface area contributed by atoms with Crippen LogP contribution >= 0.6 is 0 Å². The topological polar surface area (TPSA) is 64.7 Å². The molecule has 0 saturated carbocycles. The lowest BCUT2D eigenvalue weighted by atomic mass is 10.0. The lowest BCUT2D eigenvalue weighted by Gasteiger charge is -2.10. The van der Waals surface area contributed by atoms with Crippen molar-refractivity contribution >= 4 is 27.6 Å². The number of nitrogens with zero attached hydrogens (tertiary/aromatic N) is 3. The van der Waals surface area contributed by atoms with E-state index in [4.69, 9.17) is 10.7 Å². The fourth-order valence-corrected chi connectivity index (χ4v) is 2.94. The van der Waals surface area contributed by atoms with Gasteiger partial charge in [0, 0.05) is 17.1 Å². The standard InChI is InChI=1S/C19H16N4/c1-11-8-12(2)17-14(9-11)16(20)15-10-21-18(23-19(15)22-17)13-6-4-3-5-7-13/h3-10H,1-2H3,(H2,20,21,22,23). The van der Waals surface area contributed by atoms with E-state index in [0.717, 1.165) is 27.4 Å². The van der Waals surface area contributed by atoms with Crippen LogP contribution in [0.25, 0.3) is 33.3 Å². The first-order chi connectivity index (χ1) is 11.1. The van der Waals surface area contributed by atoms with Crippen LogP contribution in [0.1, 0.15) is 11.1 Å². The molecule has 23 heavy (non-hydrogen) atoms. The normalized spacial score (nSPS) is 11.2. The fraction of sp³-hybridized carbons (Fsp3) is 0.105. The van der Waals surface area contributed by atoms with Gasteiger partial charge in [0.05, 0.1) is 16.6 Å². The summed E-state index contributed by atoms with van der Waals surface area (Å²) in [6, 6.07) is 14.1. The molecule has 4 aromatic rings. The minimum Gasteiger partial charge on any atom is -0.398 e. The van der Waals surface area contributed by atoms with Crippen molar-refractivity contribution in [1.29, 1.82) is 0 Å². The number of hydrogen-bond donors (Lipinski definition) is 1. The van der Waals surface area contributed by atoms with E-state index in [9.17, 15) is 0 Å². The summed E-state index contributed by atoms with van der Waals surface area (Å²) in [6.45, 7) is 4.11. The van der Waals surface area contributed by atoms with E-state index >= 15 is 0 Å². The average molecular weight is 300 g/mol. The number of pyridine rings is 1. The summed E-state index contributed by atoms with van der Waals surface area (Å²) < 4.78 is 0. The van der Waals surface area contributed by atoms with Gasteiger partial charge < -0.3 is 5.73 Å². The maximum Gasteiger partial charge on any atom is 0.165 e. The summed E-state index contributed by atoms with van der Waals surface area (Å²) in [5.74, 6) is 0.661. The molecule has 2 aromatic carbocycles. The van der Waals surface area contributed by atoms with E-state index < -0.39 is 0 Å². The Balaban J connectivity index is 2.04. The molecule has 0 radical (unpaired) electrons. The molecule has 0 spiro atoms. The lowest BCUT2D eigenvalue weighted by molar-refractivity contribution is 1.20. The SMILES string of the molecule is Cc1cc(C)c2nc3nc(-c4ccccc4)ncc3c(N)c2c1. The quantitative estimate of drug-likeness (QED) is 0.539. The summed E-state index contributed by atoms with van der Waals surface area (Å²) in [5.41, 5.74) is 11.8. The highest BCUT2D eigenvalue weighted by molar-refractivity contribution is 6.06.